The van der Waals surface area contributed by atoms with E-state index in [1.807, 2.05) is 0 Å². The summed E-state index contributed by atoms with van der Waals surface area (Å²) in [5.74, 6) is 1.48. The van der Waals surface area contributed by atoms with Gasteiger partial charge >= 0.3 is 150 Å². The van der Waals surface area contributed by atoms with E-state index in [1.54, 1.807) is 3.58 Å². The molecule has 0 bridgehead atoms. The summed E-state index contributed by atoms with van der Waals surface area (Å²) >= 11 is -1.58. The first-order valence-corrected chi connectivity index (χ1v) is 14.8. The van der Waals surface area contributed by atoms with Crippen LogP contribution in [0, 0.1) is 5.92 Å². The van der Waals surface area contributed by atoms with Crippen LogP contribution in [-0.2, 0) is 4.74 Å². The fourth-order valence-corrected chi connectivity index (χ4v) is 12.3. The van der Waals surface area contributed by atoms with Gasteiger partial charge in [-0.1, -0.05) is 0 Å². The number of hydrogen-bond acceptors (Lipinski definition) is 2. The molecular weight excluding hydrogens is 389 g/mol. The summed E-state index contributed by atoms with van der Waals surface area (Å²) in [4.78, 5) is 4.89. The van der Waals surface area contributed by atoms with Crippen LogP contribution in [0.5, 0.6) is 0 Å². The van der Waals surface area contributed by atoms with Crippen LogP contribution >= 0.6 is 0 Å². The Morgan fingerprint density at radius 3 is 2.35 bits per heavy atom. The summed E-state index contributed by atoms with van der Waals surface area (Å²) < 4.78 is 10.6. The number of ether oxygens (including phenoxy) is 1. The molecule has 0 aliphatic carbocycles. The molecule has 1 unspecified atom stereocenters. The summed E-state index contributed by atoms with van der Waals surface area (Å²) in [6.45, 7) is 9.84. The van der Waals surface area contributed by atoms with Gasteiger partial charge in [-0.15, -0.1) is 0 Å². The van der Waals surface area contributed by atoms with Gasteiger partial charge in [-0.2, -0.15) is 0 Å². The Morgan fingerprint density at radius 1 is 1.13 bits per heavy atom. The van der Waals surface area contributed by atoms with E-state index in [0.717, 1.165) is 12.5 Å². The molecule has 1 aliphatic rings. The van der Waals surface area contributed by atoms with Crippen molar-refractivity contribution >= 4 is 29.2 Å². The Balaban J connectivity index is 2.25. The van der Waals surface area contributed by atoms with Gasteiger partial charge in [-0.3, -0.25) is 0 Å². The molecule has 0 fully saturated rings. The molecule has 1 aliphatic heterocycles. The van der Waals surface area contributed by atoms with Gasteiger partial charge in [0.25, 0.3) is 0 Å². The molecule has 1 aromatic carbocycles. The first-order valence-electron chi connectivity index (χ1n) is 9.32. The summed E-state index contributed by atoms with van der Waals surface area (Å²) in [6, 6.07) is 9.32. The summed E-state index contributed by atoms with van der Waals surface area (Å²) in [7, 11) is 0. The van der Waals surface area contributed by atoms with E-state index in [4.69, 9.17) is 9.73 Å². The Labute approximate surface area is 149 Å². The van der Waals surface area contributed by atoms with Gasteiger partial charge in [0.05, 0.1) is 0 Å². The van der Waals surface area contributed by atoms with Gasteiger partial charge in [0, 0.05) is 0 Å². The second-order valence-electron chi connectivity index (χ2n) is 6.91. The van der Waals surface area contributed by atoms with Crippen molar-refractivity contribution in [2.24, 2.45) is 10.9 Å². The van der Waals surface area contributed by atoms with Crippen molar-refractivity contribution in [1.29, 1.82) is 0 Å². The summed E-state index contributed by atoms with van der Waals surface area (Å²) in [5.41, 5.74) is 1.32. The van der Waals surface area contributed by atoms with Crippen molar-refractivity contribution in [3.63, 3.8) is 0 Å². The van der Waals surface area contributed by atoms with Crippen LogP contribution in [0.15, 0.2) is 29.3 Å². The Hall–Kier alpha value is -0.511. The van der Waals surface area contributed by atoms with Gasteiger partial charge in [0.1, 0.15) is 0 Å². The molecule has 0 saturated carbocycles. The zero-order chi connectivity index (χ0) is 16.7. The van der Waals surface area contributed by atoms with Crippen LogP contribution in [-0.4, -0.2) is 38.3 Å². The van der Waals surface area contributed by atoms with Crippen molar-refractivity contribution in [3.8, 4) is 0 Å². The molecule has 0 N–H and O–H groups in total. The molecule has 2 rings (SSSR count). The maximum absolute atomic E-state index is 5.99. The monoisotopic (exact) mass is 422 g/mol. The molecule has 2 nitrogen and oxygen atoms in total. The van der Waals surface area contributed by atoms with Crippen molar-refractivity contribution < 1.29 is 4.74 Å². The van der Waals surface area contributed by atoms with Crippen LogP contribution in [0.3, 0.4) is 0 Å². The molecule has 23 heavy (non-hydrogen) atoms. The van der Waals surface area contributed by atoms with Crippen molar-refractivity contribution in [3.05, 3.63) is 29.8 Å². The van der Waals surface area contributed by atoms with Crippen LogP contribution in [0.4, 0.5) is 0 Å². The minimum atomic E-state index is -1.58. The van der Waals surface area contributed by atoms with Crippen LogP contribution in [0.1, 0.15) is 58.9 Å². The standard InChI is InChI=1S/C12H14NO.2C4H9.Sn/c1-9(2)11-8-14-12(13-11)10-6-4-3-5-7-10;2*1-3-4-2;/h3-6,9,11H,8H2,1-2H3;2*1,3-4H2,2H3;. The first kappa shape index (κ1) is 18.8. The van der Waals surface area contributed by atoms with E-state index >= 15 is 0 Å². The third-order valence-electron chi connectivity index (χ3n) is 4.65. The Kier molecular flexibility index (Phi) is 7.94. The third kappa shape index (κ3) is 5.23. The average Bonchev–Trinajstić information content (AvgIpc) is 3.05. The van der Waals surface area contributed by atoms with Crippen molar-refractivity contribution in [2.75, 3.05) is 6.61 Å². The third-order valence-corrected chi connectivity index (χ3v) is 13.5. The zero-order valence-corrected chi connectivity index (χ0v) is 18.1. The molecule has 1 heterocycles. The number of nitrogens with zero attached hydrogens (tertiary/aromatic N) is 1. The SMILES string of the molecule is CCC[CH2][Sn]([CH2]CCC)[c]1ccccc1C1=NC(C(C)C)CO1. The van der Waals surface area contributed by atoms with E-state index < -0.39 is 19.8 Å². The molecule has 0 amide bonds. The Bertz CT molecular complexity index is 504. The maximum atomic E-state index is 5.99. The second-order valence-corrected chi connectivity index (χ2v) is 14.7. The van der Waals surface area contributed by atoms with E-state index in [2.05, 4.69) is 52.0 Å². The number of hydrogen-bond donors (Lipinski definition) is 0. The van der Waals surface area contributed by atoms with Gasteiger partial charge in [0.15, 0.2) is 0 Å². The van der Waals surface area contributed by atoms with E-state index in [0.29, 0.717) is 12.0 Å². The van der Waals surface area contributed by atoms with E-state index in [1.165, 1.54) is 40.1 Å². The molecular formula is C20H32NOSn. The first-order chi connectivity index (χ1) is 11.2. The number of unbranched alkanes of at least 4 members (excludes halogenated alkanes) is 2. The normalized spacial score (nSPS) is 17.7. The molecule has 1 atom stereocenters. The summed E-state index contributed by atoms with van der Waals surface area (Å²) in [5, 5.41) is 0. The molecule has 1 radical (unpaired) electrons. The van der Waals surface area contributed by atoms with Crippen LogP contribution in [0.2, 0.25) is 8.87 Å². The predicted octanol–water partition coefficient (Wildman–Crippen LogP) is 4.79. The number of aliphatic imine (C=N–C) groups is 1. The van der Waals surface area contributed by atoms with E-state index in [9.17, 15) is 0 Å². The van der Waals surface area contributed by atoms with Gasteiger partial charge in [-0.05, 0) is 0 Å². The number of benzene rings is 1. The molecule has 0 saturated heterocycles. The predicted molar refractivity (Wildman–Crippen MR) is 102 cm³/mol. The van der Waals surface area contributed by atoms with Gasteiger partial charge in [-0.25, -0.2) is 0 Å². The van der Waals surface area contributed by atoms with Crippen molar-refractivity contribution in [2.45, 2.75) is 68.3 Å². The minimum absolute atomic E-state index is 0.330. The topological polar surface area (TPSA) is 21.6 Å². The quantitative estimate of drug-likeness (QED) is 0.526. The molecule has 1 aromatic rings. The molecule has 3 heteroatoms. The van der Waals surface area contributed by atoms with Crippen LogP contribution < -0.4 is 3.58 Å². The second kappa shape index (κ2) is 9.70. The average molecular weight is 421 g/mol. The van der Waals surface area contributed by atoms with Gasteiger partial charge < -0.3 is 0 Å². The molecule has 0 spiro atoms. The Morgan fingerprint density at radius 2 is 1.78 bits per heavy atom. The molecule has 127 valence electrons. The van der Waals surface area contributed by atoms with E-state index in [-0.39, 0.29) is 0 Å². The zero-order valence-electron chi connectivity index (χ0n) is 15.3. The van der Waals surface area contributed by atoms with Crippen molar-refractivity contribution in [1.82, 2.24) is 0 Å². The number of rotatable bonds is 9. The van der Waals surface area contributed by atoms with Gasteiger partial charge in [0.2, 0.25) is 0 Å². The fraction of sp³-hybridized carbons (Fsp3) is 0.650. The fourth-order valence-electron chi connectivity index (χ4n) is 3.03. The molecule has 0 aromatic heterocycles. The summed E-state index contributed by atoms with van der Waals surface area (Å²) in [6.07, 6.45) is 5.39. The van der Waals surface area contributed by atoms with Crippen LogP contribution in [0.25, 0.3) is 0 Å².